The molecule has 0 spiro atoms. The molecule has 4 aromatic rings. The van der Waals surface area contributed by atoms with E-state index in [-0.39, 0.29) is 52.6 Å². The number of hydrogen-bond donors (Lipinski definition) is 3. The van der Waals surface area contributed by atoms with Crippen LogP contribution in [0.5, 0.6) is 23.0 Å². The molecule has 4 nitrogen and oxygen atoms in total. The van der Waals surface area contributed by atoms with Crippen LogP contribution in [-0.4, -0.2) is 15.3 Å². The van der Waals surface area contributed by atoms with Gasteiger partial charge in [0, 0.05) is 25.7 Å². The van der Waals surface area contributed by atoms with Crippen molar-refractivity contribution in [2.45, 2.75) is 25.7 Å². The number of benzene rings is 4. The molecule has 0 atom stereocenters. The second-order valence-electron chi connectivity index (χ2n) is 8.39. The van der Waals surface area contributed by atoms with E-state index in [9.17, 15) is 20.4 Å². The first-order valence-electron chi connectivity index (χ1n) is 10.7. The summed E-state index contributed by atoms with van der Waals surface area (Å²) in [5.41, 5.74) is 5.32. The van der Waals surface area contributed by atoms with Gasteiger partial charge in [-0.3, -0.25) is 0 Å². The monoisotopic (exact) mass is 446 g/mol. The summed E-state index contributed by atoms with van der Waals surface area (Å²) >= 11 is 0. The van der Waals surface area contributed by atoms with Crippen LogP contribution in [-0.2, 0) is 25.7 Å². The molecular weight excluding hydrogens is 423 g/mol. The maximum absolute atomic E-state index is 13.2. The second-order valence-corrected chi connectivity index (χ2v) is 8.39. The van der Waals surface area contributed by atoms with E-state index in [0.717, 1.165) is 0 Å². The Morgan fingerprint density at radius 1 is 0.424 bits per heavy atom. The molecule has 5 rings (SSSR count). The molecule has 0 unspecified atom stereocenters. The van der Waals surface area contributed by atoms with Crippen LogP contribution in [0.15, 0.2) is 72.8 Å². The van der Waals surface area contributed by atoms with Crippen molar-refractivity contribution < 1.29 is 50.0 Å². The number of phenolic OH excluding ortho intramolecular Hbond substituents is 3. The number of fused-ring (bicyclic) bond motifs is 8. The van der Waals surface area contributed by atoms with Crippen molar-refractivity contribution in [2.75, 3.05) is 0 Å². The molecule has 3 N–H and O–H groups in total. The molecule has 0 amide bonds. The minimum atomic E-state index is -0.0722. The molecule has 0 saturated carbocycles. The molecule has 5 heteroatoms. The minimum Gasteiger partial charge on any atom is -0.872 e. The third-order valence-corrected chi connectivity index (χ3v) is 6.31. The summed E-state index contributed by atoms with van der Waals surface area (Å²) in [6.45, 7) is 0. The summed E-state index contributed by atoms with van der Waals surface area (Å²) in [4.78, 5) is 0. The molecular formula is C28H23NaO4. The molecule has 1 aliphatic rings. The average molecular weight is 446 g/mol. The van der Waals surface area contributed by atoms with Gasteiger partial charge in [0.25, 0.3) is 0 Å². The van der Waals surface area contributed by atoms with Gasteiger partial charge in [0.05, 0.1) is 0 Å². The van der Waals surface area contributed by atoms with E-state index in [4.69, 9.17) is 0 Å². The SMILES string of the molecule is [Na+].[O-]c1c2cccc1Cc1cccc(c1O)Cc1cccc(c1O)Cc1cccc(c1O)C2. The molecule has 0 saturated heterocycles. The zero-order chi connectivity index (χ0) is 22.2. The van der Waals surface area contributed by atoms with Gasteiger partial charge in [0.2, 0.25) is 0 Å². The van der Waals surface area contributed by atoms with Gasteiger partial charge in [-0.25, -0.2) is 0 Å². The van der Waals surface area contributed by atoms with Gasteiger partial charge in [0.15, 0.2) is 0 Å². The van der Waals surface area contributed by atoms with Gasteiger partial charge < -0.3 is 20.4 Å². The smallest absolute Gasteiger partial charge is 0.872 e. The van der Waals surface area contributed by atoms with Crippen molar-refractivity contribution in [3.05, 3.63) is 117 Å². The first-order chi connectivity index (χ1) is 15.5. The Bertz CT molecular complexity index is 1040. The van der Waals surface area contributed by atoms with Gasteiger partial charge in [-0.15, -0.1) is 5.75 Å². The van der Waals surface area contributed by atoms with Crippen LogP contribution in [0, 0.1) is 0 Å². The van der Waals surface area contributed by atoms with E-state index < -0.39 is 0 Å². The largest absolute Gasteiger partial charge is 1.00 e. The summed E-state index contributed by atoms with van der Waals surface area (Å²) in [5.74, 6) is 0.396. The van der Waals surface area contributed by atoms with Crippen LogP contribution < -0.4 is 34.7 Å². The average Bonchev–Trinajstić information content (AvgIpc) is 2.78. The Kier molecular flexibility index (Phi) is 6.71. The maximum atomic E-state index is 13.2. The first-order valence-corrected chi connectivity index (χ1v) is 10.7. The standard InChI is InChI=1S/C28H24O4.Na/c29-25-17-5-1-6-18(25)14-20-8-3-10-22(27(20)31)16-24-12-4-11-23(28(24)32)15-21-9-2-7-19(13-17)26(21)30;/h1-12,29-32H,13-16H2;/q;+1/p-1. The normalized spacial score (nSPS) is 12.6. The summed E-state index contributed by atoms with van der Waals surface area (Å²) in [6, 6.07) is 22.0. The Morgan fingerprint density at radius 3 is 0.909 bits per heavy atom. The van der Waals surface area contributed by atoms with Crippen LogP contribution in [0.3, 0.4) is 0 Å². The molecule has 8 bridgehead atoms. The number of phenols is 3. The Labute approximate surface area is 215 Å². The van der Waals surface area contributed by atoms with Crippen molar-refractivity contribution in [3.63, 3.8) is 0 Å². The molecule has 1 aliphatic carbocycles. The van der Waals surface area contributed by atoms with Gasteiger partial charge in [-0.2, -0.15) is 0 Å². The van der Waals surface area contributed by atoms with Gasteiger partial charge in [-0.05, 0) is 33.4 Å². The summed E-state index contributed by atoms with van der Waals surface area (Å²) in [5, 5.41) is 46.0. The van der Waals surface area contributed by atoms with Crippen LogP contribution >= 0.6 is 0 Å². The van der Waals surface area contributed by atoms with E-state index in [0.29, 0.717) is 70.2 Å². The fraction of sp³-hybridized carbons (Fsp3) is 0.143. The molecule has 0 fully saturated rings. The third kappa shape index (κ3) is 4.47. The van der Waals surface area contributed by atoms with Crippen molar-refractivity contribution in [3.8, 4) is 23.0 Å². The van der Waals surface area contributed by atoms with Crippen molar-refractivity contribution in [2.24, 2.45) is 0 Å². The predicted molar refractivity (Wildman–Crippen MR) is 121 cm³/mol. The van der Waals surface area contributed by atoms with Gasteiger partial charge in [0.1, 0.15) is 17.2 Å². The van der Waals surface area contributed by atoms with Gasteiger partial charge >= 0.3 is 29.6 Å². The number of rotatable bonds is 0. The summed E-state index contributed by atoms with van der Waals surface area (Å²) in [7, 11) is 0. The molecule has 0 aromatic heterocycles. The van der Waals surface area contributed by atoms with E-state index in [2.05, 4.69) is 0 Å². The summed E-state index contributed by atoms with van der Waals surface area (Å²) in [6.07, 6.45) is 1.33. The number of para-hydroxylation sites is 4. The Balaban J connectivity index is 0.00000259. The fourth-order valence-corrected chi connectivity index (χ4v) is 4.53. The zero-order valence-electron chi connectivity index (χ0n) is 18.5. The molecule has 0 radical (unpaired) electrons. The number of hydrogen-bond acceptors (Lipinski definition) is 4. The van der Waals surface area contributed by atoms with Crippen LogP contribution in [0.25, 0.3) is 0 Å². The number of aromatic hydroxyl groups is 3. The maximum Gasteiger partial charge on any atom is 1.00 e. The van der Waals surface area contributed by atoms with E-state index in [1.807, 2.05) is 60.7 Å². The molecule has 0 aliphatic heterocycles. The second kappa shape index (κ2) is 9.52. The minimum absolute atomic E-state index is 0. The van der Waals surface area contributed by atoms with E-state index in [1.54, 1.807) is 12.1 Å². The molecule has 160 valence electrons. The Morgan fingerprint density at radius 2 is 0.636 bits per heavy atom. The third-order valence-electron chi connectivity index (χ3n) is 6.31. The van der Waals surface area contributed by atoms with Gasteiger partial charge in [-0.1, -0.05) is 83.9 Å². The Hall–Kier alpha value is -2.92. The zero-order valence-corrected chi connectivity index (χ0v) is 20.5. The van der Waals surface area contributed by atoms with Crippen molar-refractivity contribution >= 4 is 0 Å². The van der Waals surface area contributed by atoms with Crippen molar-refractivity contribution in [1.29, 1.82) is 0 Å². The first kappa shape index (κ1) is 23.2. The van der Waals surface area contributed by atoms with Crippen LogP contribution in [0.1, 0.15) is 44.5 Å². The topological polar surface area (TPSA) is 83.8 Å². The van der Waals surface area contributed by atoms with Crippen LogP contribution in [0.2, 0.25) is 0 Å². The predicted octanol–water partition coefficient (Wildman–Crippen LogP) is 1.56. The molecule has 0 heterocycles. The quantitative estimate of drug-likeness (QED) is 0.315. The molecule has 33 heavy (non-hydrogen) atoms. The van der Waals surface area contributed by atoms with E-state index in [1.165, 1.54) is 0 Å². The molecule has 4 aromatic carbocycles. The van der Waals surface area contributed by atoms with E-state index >= 15 is 0 Å². The van der Waals surface area contributed by atoms with Crippen LogP contribution in [0.4, 0.5) is 0 Å². The fourth-order valence-electron chi connectivity index (χ4n) is 4.53. The summed E-state index contributed by atoms with van der Waals surface area (Å²) < 4.78 is 0. The van der Waals surface area contributed by atoms with Crippen molar-refractivity contribution in [1.82, 2.24) is 0 Å².